The molecule has 25 heavy (non-hydrogen) atoms. The maximum absolute atomic E-state index is 13.4. The van der Waals surface area contributed by atoms with Gasteiger partial charge in [-0.2, -0.15) is 0 Å². The van der Waals surface area contributed by atoms with Crippen LogP contribution in [0.1, 0.15) is 24.1 Å². The molecule has 0 bridgehead atoms. The Kier molecular flexibility index (Phi) is 5.64. The van der Waals surface area contributed by atoms with E-state index in [1.165, 1.54) is 26.4 Å². The summed E-state index contributed by atoms with van der Waals surface area (Å²) >= 11 is 0. The third-order valence-electron chi connectivity index (χ3n) is 3.75. The molecule has 0 heterocycles. The van der Waals surface area contributed by atoms with Crippen LogP contribution >= 0.6 is 0 Å². The van der Waals surface area contributed by atoms with E-state index in [9.17, 15) is 17.2 Å². The van der Waals surface area contributed by atoms with Crippen LogP contribution in [0.15, 0.2) is 35.2 Å². The zero-order valence-corrected chi connectivity index (χ0v) is 15.1. The number of hydrogen-bond acceptors (Lipinski definition) is 4. The fraction of sp³-hybridized carbons (Fsp3) is 0.294. The molecule has 1 unspecified atom stereocenters. The number of aryl methyl sites for hydroxylation is 1. The number of benzene rings is 2. The fourth-order valence-electron chi connectivity index (χ4n) is 2.40. The Bertz CT molecular complexity index is 884. The van der Waals surface area contributed by atoms with Crippen LogP contribution in [-0.4, -0.2) is 22.6 Å². The van der Waals surface area contributed by atoms with Crippen molar-refractivity contribution in [3.05, 3.63) is 53.1 Å². The summed E-state index contributed by atoms with van der Waals surface area (Å²) in [5.41, 5.74) is 0.767. The Balaban J connectivity index is 2.37. The van der Waals surface area contributed by atoms with Gasteiger partial charge in [0.2, 0.25) is 10.0 Å². The van der Waals surface area contributed by atoms with Crippen LogP contribution in [0, 0.1) is 18.6 Å². The van der Waals surface area contributed by atoms with Crippen LogP contribution in [0.2, 0.25) is 0 Å². The SMILES string of the molecule is COc1cc(C)c(S(=O)(=O)NC(C)c2ccc(F)c(F)c2)cc1OC. The van der Waals surface area contributed by atoms with Gasteiger partial charge in [0.1, 0.15) is 0 Å². The van der Waals surface area contributed by atoms with E-state index in [0.29, 0.717) is 16.9 Å². The lowest BCUT2D eigenvalue weighted by Gasteiger charge is -2.17. The molecule has 0 amide bonds. The Hall–Kier alpha value is -2.19. The van der Waals surface area contributed by atoms with Gasteiger partial charge in [-0.05, 0) is 43.2 Å². The predicted molar refractivity (Wildman–Crippen MR) is 89.4 cm³/mol. The van der Waals surface area contributed by atoms with Gasteiger partial charge in [0, 0.05) is 12.1 Å². The van der Waals surface area contributed by atoms with Crippen LogP contribution in [0.4, 0.5) is 8.78 Å². The van der Waals surface area contributed by atoms with Crippen molar-refractivity contribution in [1.82, 2.24) is 4.72 Å². The molecule has 0 fully saturated rings. The van der Waals surface area contributed by atoms with E-state index >= 15 is 0 Å². The zero-order valence-electron chi connectivity index (χ0n) is 14.3. The second-order valence-corrected chi connectivity index (χ2v) is 7.17. The molecule has 136 valence electrons. The monoisotopic (exact) mass is 371 g/mol. The third-order valence-corrected chi connectivity index (χ3v) is 5.43. The normalized spacial score (nSPS) is 12.7. The van der Waals surface area contributed by atoms with Gasteiger partial charge in [0.25, 0.3) is 0 Å². The van der Waals surface area contributed by atoms with Crippen molar-refractivity contribution in [2.24, 2.45) is 0 Å². The second kappa shape index (κ2) is 7.37. The molecule has 8 heteroatoms. The van der Waals surface area contributed by atoms with Crippen molar-refractivity contribution in [3.63, 3.8) is 0 Å². The molecule has 0 radical (unpaired) electrons. The standard InChI is InChI=1S/C17H19F2NO4S/c1-10-7-15(23-3)16(24-4)9-17(10)25(21,22)20-11(2)12-5-6-13(18)14(19)8-12/h5-9,11,20H,1-4H3. The Morgan fingerprint density at radius 2 is 1.60 bits per heavy atom. The molecule has 2 aromatic rings. The molecule has 1 N–H and O–H groups in total. The van der Waals surface area contributed by atoms with Crippen LogP contribution in [-0.2, 0) is 10.0 Å². The van der Waals surface area contributed by atoms with Crippen LogP contribution in [0.25, 0.3) is 0 Å². The highest BCUT2D eigenvalue weighted by molar-refractivity contribution is 7.89. The van der Waals surface area contributed by atoms with E-state index in [1.807, 2.05) is 0 Å². The Morgan fingerprint density at radius 3 is 2.16 bits per heavy atom. The number of hydrogen-bond donors (Lipinski definition) is 1. The summed E-state index contributed by atoms with van der Waals surface area (Å²) in [4.78, 5) is 0.0135. The average molecular weight is 371 g/mol. The van der Waals surface area contributed by atoms with Crippen molar-refractivity contribution >= 4 is 10.0 Å². The molecule has 0 saturated heterocycles. The smallest absolute Gasteiger partial charge is 0.241 e. The number of rotatable bonds is 6. The van der Waals surface area contributed by atoms with Crippen LogP contribution in [0.5, 0.6) is 11.5 Å². The topological polar surface area (TPSA) is 64.6 Å². The average Bonchev–Trinajstić information content (AvgIpc) is 2.56. The van der Waals surface area contributed by atoms with E-state index in [-0.39, 0.29) is 10.6 Å². The summed E-state index contributed by atoms with van der Waals surface area (Å²) in [6.07, 6.45) is 0. The first-order valence-electron chi connectivity index (χ1n) is 7.39. The van der Waals surface area contributed by atoms with E-state index in [2.05, 4.69) is 4.72 Å². The summed E-state index contributed by atoms with van der Waals surface area (Å²) < 4.78 is 64.5. The highest BCUT2D eigenvalue weighted by atomic mass is 32.2. The summed E-state index contributed by atoms with van der Waals surface area (Å²) in [5.74, 6) is -1.35. The number of ether oxygens (including phenoxy) is 2. The molecule has 0 aliphatic carbocycles. The highest BCUT2D eigenvalue weighted by Gasteiger charge is 2.23. The quantitative estimate of drug-likeness (QED) is 0.846. The minimum atomic E-state index is -3.92. The van der Waals surface area contributed by atoms with Crippen molar-refractivity contribution in [3.8, 4) is 11.5 Å². The number of nitrogens with one attached hydrogen (secondary N) is 1. The second-order valence-electron chi connectivity index (χ2n) is 5.49. The minimum Gasteiger partial charge on any atom is -0.493 e. The van der Waals surface area contributed by atoms with Crippen LogP contribution in [0.3, 0.4) is 0 Å². The molecule has 2 aromatic carbocycles. The van der Waals surface area contributed by atoms with Gasteiger partial charge in [-0.1, -0.05) is 6.07 Å². The zero-order chi connectivity index (χ0) is 18.8. The van der Waals surface area contributed by atoms with Crippen molar-refractivity contribution in [1.29, 1.82) is 0 Å². The molecule has 0 aliphatic heterocycles. The summed E-state index contributed by atoms with van der Waals surface area (Å²) in [5, 5.41) is 0. The van der Waals surface area contributed by atoms with E-state index in [4.69, 9.17) is 9.47 Å². The van der Waals surface area contributed by atoms with Gasteiger partial charge in [-0.25, -0.2) is 21.9 Å². The number of methoxy groups -OCH3 is 2. The van der Waals surface area contributed by atoms with Gasteiger partial charge < -0.3 is 9.47 Å². The van der Waals surface area contributed by atoms with Crippen molar-refractivity contribution < 1.29 is 26.7 Å². The summed E-state index contributed by atoms with van der Waals surface area (Å²) in [6.45, 7) is 3.17. The van der Waals surface area contributed by atoms with E-state index in [1.54, 1.807) is 19.9 Å². The van der Waals surface area contributed by atoms with Gasteiger partial charge >= 0.3 is 0 Å². The van der Waals surface area contributed by atoms with Gasteiger partial charge in [-0.15, -0.1) is 0 Å². The maximum Gasteiger partial charge on any atom is 0.241 e. The Morgan fingerprint density at radius 1 is 1.00 bits per heavy atom. The molecule has 0 saturated carbocycles. The van der Waals surface area contributed by atoms with Crippen molar-refractivity contribution in [2.75, 3.05) is 14.2 Å². The maximum atomic E-state index is 13.4. The molecule has 0 spiro atoms. The van der Waals surface area contributed by atoms with Crippen molar-refractivity contribution in [2.45, 2.75) is 24.8 Å². The highest BCUT2D eigenvalue weighted by Crippen LogP contribution is 2.32. The minimum absolute atomic E-state index is 0.0135. The molecule has 2 rings (SSSR count). The van der Waals surface area contributed by atoms with Crippen LogP contribution < -0.4 is 14.2 Å². The molecule has 0 aliphatic rings. The fourth-order valence-corrected chi connectivity index (χ4v) is 3.87. The van der Waals surface area contributed by atoms with E-state index < -0.39 is 27.7 Å². The first-order chi connectivity index (χ1) is 11.7. The molecule has 5 nitrogen and oxygen atoms in total. The molecule has 1 atom stereocenters. The Labute approximate surface area is 145 Å². The number of sulfonamides is 1. The lowest BCUT2D eigenvalue weighted by Crippen LogP contribution is -2.27. The van der Waals surface area contributed by atoms with Gasteiger partial charge in [0.05, 0.1) is 19.1 Å². The molecular formula is C17H19F2NO4S. The first kappa shape index (κ1) is 19.1. The third kappa shape index (κ3) is 4.08. The molecule has 0 aromatic heterocycles. The van der Waals surface area contributed by atoms with E-state index in [0.717, 1.165) is 12.1 Å². The largest absolute Gasteiger partial charge is 0.493 e. The van der Waals surface area contributed by atoms with Gasteiger partial charge in [-0.3, -0.25) is 0 Å². The van der Waals surface area contributed by atoms with Gasteiger partial charge in [0.15, 0.2) is 23.1 Å². The lowest BCUT2D eigenvalue weighted by molar-refractivity contribution is 0.353. The predicted octanol–water partition coefficient (Wildman–Crippen LogP) is 3.33. The first-order valence-corrected chi connectivity index (χ1v) is 8.87. The summed E-state index contributed by atoms with van der Waals surface area (Å²) in [7, 11) is -1.06. The molecular weight excluding hydrogens is 352 g/mol. The number of halogens is 2. The lowest BCUT2D eigenvalue weighted by atomic mass is 10.1. The summed E-state index contributed by atoms with van der Waals surface area (Å²) in [6, 6.07) is 5.39.